The van der Waals surface area contributed by atoms with Gasteiger partial charge < -0.3 is 25.2 Å². The fourth-order valence-electron chi connectivity index (χ4n) is 5.96. The first-order valence-electron chi connectivity index (χ1n) is 13.4. The lowest BCUT2D eigenvalue weighted by atomic mass is 9.83. The maximum Gasteiger partial charge on any atom is 0.317 e. The second-order valence-electron chi connectivity index (χ2n) is 10.4. The molecule has 4 rings (SSSR count). The van der Waals surface area contributed by atoms with Gasteiger partial charge in [-0.25, -0.2) is 9.18 Å². The summed E-state index contributed by atoms with van der Waals surface area (Å²) in [6.45, 7) is 4.67. The highest BCUT2D eigenvalue weighted by atomic mass is 19.1. The van der Waals surface area contributed by atoms with Gasteiger partial charge in [-0.15, -0.1) is 0 Å². The summed E-state index contributed by atoms with van der Waals surface area (Å²) in [5.74, 6) is -0.103. The number of carbonyl (C=O) groups is 3. The summed E-state index contributed by atoms with van der Waals surface area (Å²) in [5.41, 5.74) is 0. The largest absolute Gasteiger partial charge is 0.486 e. The molecule has 1 aromatic rings. The maximum absolute atomic E-state index is 14.1. The molecular formula is C27H39FN4O4. The molecule has 3 fully saturated rings. The molecule has 1 saturated carbocycles. The molecule has 0 unspecified atom stereocenters. The van der Waals surface area contributed by atoms with E-state index >= 15 is 0 Å². The first kappa shape index (κ1) is 26.2. The van der Waals surface area contributed by atoms with E-state index in [1.165, 1.54) is 12.1 Å². The zero-order valence-corrected chi connectivity index (χ0v) is 21.5. The first-order chi connectivity index (χ1) is 17.3. The molecule has 2 heterocycles. The molecule has 0 bridgehead atoms. The van der Waals surface area contributed by atoms with Crippen molar-refractivity contribution in [2.75, 3.05) is 20.1 Å². The van der Waals surface area contributed by atoms with Crippen molar-refractivity contribution in [3.8, 4) is 5.75 Å². The van der Waals surface area contributed by atoms with E-state index in [1.807, 2.05) is 18.7 Å². The monoisotopic (exact) mass is 502 g/mol. The molecule has 36 heavy (non-hydrogen) atoms. The fraction of sp³-hybridized carbons (Fsp3) is 0.667. The lowest BCUT2D eigenvalue weighted by Crippen LogP contribution is -2.57. The summed E-state index contributed by atoms with van der Waals surface area (Å²) in [6.07, 6.45) is 5.99. The second kappa shape index (κ2) is 11.5. The summed E-state index contributed by atoms with van der Waals surface area (Å²) in [5, 5.41) is 5.80. The lowest BCUT2D eigenvalue weighted by molar-refractivity contribution is -0.141. The minimum Gasteiger partial charge on any atom is -0.486 e. The smallest absolute Gasteiger partial charge is 0.317 e. The van der Waals surface area contributed by atoms with E-state index in [-0.39, 0.29) is 47.6 Å². The third kappa shape index (κ3) is 5.44. The third-order valence-electron chi connectivity index (χ3n) is 8.18. The van der Waals surface area contributed by atoms with E-state index in [0.717, 1.165) is 32.1 Å². The van der Waals surface area contributed by atoms with E-state index in [0.29, 0.717) is 31.7 Å². The number of carbonyl (C=O) groups excluding carboxylic acids is 3. The van der Waals surface area contributed by atoms with E-state index in [1.54, 1.807) is 24.1 Å². The van der Waals surface area contributed by atoms with Gasteiger partial charge in [-0.1, -0.05) is 33.1 Å². The van der Waals surface area contributed by atoms with Gasteiger partial charge in [0.2, 0.25) is 11.8 Å². The van der Waals surface area contributed by atoms with Crippen molar-refractivity contribution in [1.29, 1.82) is 0 Å². The topological polar surface area (TPSA) is 91.0 Å². The van der Waals surface area contributed by atoms with Crippen LogP contribution < -0.4 is 15.4 Å². The Kier molecular flexibility index (Phi) is 8.36. The molecule has 2 N–H and O–H groups in total. The Morgan fingerprint density at radius 1 is 1.08 bits per heavy atom. The zero-order valence-electron chi connectivity index (χ0n) is 21.5. The van der Waals surface area contributed by atoms with Gasteiger partial charge in [-0.3, -0.25) is 9.59 Å². The van der Waals surface area contributed by atoms with Crippen molar-refractivity contribution in [3.63, 3.8) is 0 Å². The van der Waals surface area contributed by atoms with Gasteiger partial charge in [0.25, 0.3) is 0 Å². The third-order valence-corrected chi connectivity index (χ3v) is 8.18. The summed E-state index contributed by atoms with van der Waals surface area (Å²) >= 11 is 0. The molecule has 1 aliphatic carbocycles. The summed E-state index contributed by atoms with van der Waals surface area (Å²) in [4.78, 5) is 43.2. The van der Waals surface area contributed by atoms with Crippen molar-refractivity contribution in [3.05, 3.63) is 30.1 Å². The SMILES string of the molecule is CC[C@@H](C)C(=O)N[C@H](C(=O)N1CC[C@@H]2[C@H]1[C@@H](Oc1ccc(F)cc1)CN2C(=O)NC)C1CCCCC1. The number of benzene rings is 1. The van der Waals surface area contributed by atoms with Crippen LogP contribution in [0.1, 0.15) is 58.8 Å². The number of hydrogen-bond donors (Lipinski definition) is 2. The Morgan fingerprint density at radius 3 is 2.42 bits per heavy atom. The molecule has 198 valence electrons. The Morgan fingerprint density at radius 2 is 1.78 bits per heavy atom. The van der Waals surface area contributed by atoms with Crippen molar-refractivity contribution in [1.82, 2.24) is 20.4 Å². The predicted octanol–water partition coefficient (Wildman–Crippen LogP) is 3.31. The number of amides is 4. The number of hydrogen-bond acceptors (Lipinski definition) is 4. The number of ether oxygens (including phenoxy) is 1. The van der Waals surface area contributed by atoms with Crippen LogP contribution in [-0.4, -0.2) is 72.0 Å². The molecular weight excluding hydrogens is 463 g/mol. The number of likely N-dealkylation sites (tertiary alicyclic amines) is 2. The number of fused-ring (bicyclic) bond motifs is 1. The van der Waals surface area contributed by atoms with Crippen LogP contribution in [0.3, 0.4) is 0 Å². The van der Waals surface area contributed by atoms with Gasteiger partial charge >= 0.3 is 6.03 Å². The van der Waals surface area contributed by atoms with Crippen molar-refractivity contribution in [2.24, 2.45) is 11.8 Å². The second-order valence-corrected chi connectivity index (χ2v) is 10.4. The average Bonchev–Trinajstić information content (AvgIpc) is 3.49. The summed E-state index contributed by atoms with van der Waals surface area (Å²) in [7, 11) is 1.59. The van der Waals surface area contributed by atoms with Gasteiger partial charge in [-0.2, -0.15) is 0 Å². The number of halogens is 1. The number of nitrogens with one attached hydrogen (secondary N) is 2. The van der Waals surface area contributed by atoms with Crippen LogP contribution in [0.25, 0.3) is 0 Å². The van der Waals surface area contributed by atoms with Gasteiger partial charge in [0.15, 0.2) is 0 Å². The molecule has 4 amide bonds. The molecule has 2 saturated heterocycles. The highest BCUT2D eigenvalue weighted by Gasteiger charge is 2.54. The minimum absolute atomic E-state index is 0.0856. The van der Waals surface area contributed by atoms with Crippen molar-refractivity contribution in [2.45, 2.75) is 83.0 Å². The standard InChI is InChI=1S/C27H39FN4O4/c1-4-17(2)25(33)30-23(18-8-6-5-7-9-18)26(34)31-15-14-21-24(31)22(16-32(21)27(35)29-3)36-20-12-10-19(28)11-13-20/h10-13,17-18,21-24H,4-9,14-16H2,1-3H3,(H,29,35)(H,30,33)/t17-,21-,22+,23+,24+/m1/s1. The number of nitrogens with zero attached hydrogens (tertiary/aromatic N) is 2. The Hall–Kier alpha value is -2.84. The highest BCUT2D eigenvalue weighted by Crippen LogP contribution is 2.36. The van der Waals surface area contributed by atoms with E-state index in [9.17, 15) is 18.8 Å². The van der Waals surface area contributed by atoms with Gasteiger partial charge in [-0.05, 0) is 55.9 Å². The first-order valence-corrected chi connectivity index (χ1v) is 13.4. The zero-order chi connectivity index (χ0) is 25.8. The number of rotatable bonds is 7. The molecule has 5 atom stereocenters. The van der Waals surface area contributed by atoms with Crippen LogP contribution >= 0.6 is 0 Å². The van der Waals surface area contributed by atoms with Crippen molar-refractivity contribution < 1.29 is 23.5 Å². The van der Waals surface area contributed by atoms with Crippen LogP contribution in [0.4, 0.5) is 9.18 Å². The van der Waals surface area contributed by atoms with Crippen LogP contribution in [0, 0.1) is 17.7 Å². The molecule has 0 spiro atoms. The Bertz CT molecular complexity index is 936. The molecule has 9 heteroatoms. The highest BCUT2D eigenvalue weighted by molar-refractivity contribution is 5.89. The quantitative estimate of drug-likeness (QED) is 0.599. The van der Waals surface area contributed by atoms with E-state index < -0.39 is 12.1 Å². The van der Waals surface area contributed by atoms with Crippen LogP contribution in [-0.2, 0) is 9.59 Å². The lowest BCUT2D eigenvalue weighted by Gasteiger charge is -2.36. The molecule has 3 aliphatic rings. The van der Waals surface area contributed by atoms with E-state index in [2.05, 4.69) is 10.6 Å². The van der Waals surface area contributed by atoms with E-state index in [4.69, 9.17) is 4.74 Å². The van der Waals surface area contributed by atoms with Gasteiger partial charge in [0, 0.05) is 19.5 Å². The summed E-state index contributed by atoms with van der Waals surface area (Å²) < 4.78 is 19.7. The predicted molar refractivity (Wildman–Crippen MR) is 134 cm³/mol. The fourth-order valence-corrected chi connectivity index (χ4v) is 5.96. The minimum atomic E-state index is -0.578. The van der Waals surface area contributed by atoms with Gasteiger partial charge in [0.05, 0.1) is 18.6 Å². The summed E-state index contributed by atoms with van der Waals surface area (Å²) in [6, 6.07) is 4.47. The van der Waals surface area contributed by atoms with Gasteiger partial charge in [0.1, 0.15) is 23.7 Å². The van der Waals surface area contributed by atoms with Crippen LogP contribution in [0.5, 0.6) is 5.75 Å². The number of urea groups is 1. The molecule has 8 nitrogen and oxygen atoms in total. The van der Waals surface area contributed by atoms with Crippen LogP contribution in [0.2, 0.25) is 0 Å². The maximum atomic E-state index is 14.1. The Labute approximate surface area is 212 Å². The van der Waals surface area contributed by atoms with Crippen LogP contribution in [0.15, 0.2) is 24.3 Å². The average molecular weight is 503 g/mol. The molecule has 0 radical (unpaired) electrons. The van der Waals surface area contributed by atoms with Crippen molar-refractivity contribution >= 4 is 17.8 Å². The molecule has 2 aliphatic heterocycles. The normalized spacial score (nSPS) is 25.7. The molecule has 0 aromatic heterocycles. The molecule has 1 aromatic carbocycles. The Balaban J connectivity index is 1.59.